The van der Waals surface area contributed by atoms with E-state index in [1.165, 1.54) is 30.4 Å². The van der Waals surface area contributed by atoms with Crippen molar-refractivity contribution in [1.82, 2.24) is 5.32 Å². The van der Waals surface area contributed by atoms with Crippen LogP contribution >= 0.6 is 0 Å². The summed E-state index contributed by atoms with van der Waals surface area (Å²) in [6, 6.07) is 6.02. The number of benzene rings is 1. The highest BCUT2D eigenvalue weighted by Crippen LogP contribution is 2.44. The van der Waals surface area contributed by atoms with Crippen molar-refractivity contribution in [2.24, 2.45) is 5.92 Å². The molecule has 1 heteroatoms. The summed E-state index contributed by atoms with van der Waals surface area (Å²) in [4.78, 5) is 0. The Kier molecular flexibility index (Phi) is 2.32. The minimum Gasteiger partial charge on any atom is -0.307 e. The van der Waals surface area contributed by atoms with Gasteiger partial charge in [-0.1, -0.05) is 17.7 Å². The molecular formula is C15H21N. The molecule has 1 nitrogen and oxygen atoms in total. The molecule has 1 aromatic carbocycles. The second-order valence-corrected chi connectivity index (χ2v) is 5.74. The first-order chi connectivity index (χ1) is 7.65. The van der Waals surface area contributed by atoms with Gasteiger partial charge in [0.15, 0.2) is 0 Å². The van der Waals surface area contributed by atoms with E-state index in [-0.39, 0.29) is 0 Å². The Labute approximate surface area is 98.3 Å². The predicted octanol–water partition coefficient (Wildman–Crippen LogP) is 3.29. The largest absolute Gasteiger partial charge is 0.307 e. The fourth-order valence-electron chi connectivity index (χ4n) is 3.17. The molecule has 16 heavy (non-hydrogen) atoms. The van der Waals surface area contributed by atoms with E-state index in [2.05, 4.69) is 38.2 Å². The zero-order valence-corrected chi connectivity index (χ0v) is 10.5. The van der Waals surface area contributed by atoms with E-state index in [4.69, 9.17) is 0 Å². The zero-order chi connectivity index (χ0) is 11.3. The summed E-state index contributed by atoms with van der Waals surface area (Å²) < 4.78 is 0. The third-order valence-corrected chi connectivity index (χ3v) is 4.05. The van der Waals surface area contributed by atoms with Gasteiger partial charge in [-0.25, -0.2) is 0 Å². The molecular weight excluding hydrogens is 194 g/mol. The molecule has 2 atom stereocenters. The fraction of sp³-hybridized carbons (Fsp3) is 0.600. The summed E-state index contributed by atoms with van der Waals surface area (Å²) in [5, 5.41) is 3.79. The summed E-state index contributed by atoms with van der Waals surface area (Å²) >= 11 is 0. The minimum absolute atomic E-state index is 0.636. The topological polar surface area (TPSA) is 12.0 Å². The van der Waals surface area contributed by atoms with Crippen molar-refractivity contribution >= 4 is 0 Å². The Balaban J connectivity index is 2.08. The molecule has 2 unspecified atom stereocenters. The average molecular weight is 215 g/mol. The second kappa shape index (κ2) is 3.59. The lowest BCUT2D eigenvalue weighted by Crippen LogP contribution is -2.38. The van der Waals surface area contributed by atoms with Crippen LogP contribution in [0.15, 0.2) is 12.1 Å². The molecule has 1 aromatic rings. The van der Waals surface area contributed by atoms with Crippen LogP contribution < -0.4 is 5.32 Å². The SMILES string of the molecule is Cc1cc(C)c2c(c1)C(C1CC1)NC(C)C2. The predicted molar refractivity (Wildman–Crippen MR) is 67.7 cm³/mol. The Morgan fingerprint density at radius 2 is 1.94 bits per heavy atom. The smallest absolute Gasteiger partial charge is 0.0353 e. The number of hydrogen-bond donors (Lipinski definition) is 1. The van der Waals surface area contributed by atoms with Gasteiger partial charge in [-0.3, -0.25) is 0 Å². The molecule has 0 aromatic heterocycles. The van der Waals surface area contributed by atoms with Crippen LogP contribution in [0.4, 0.5) is 0 Å². The molecule has 1 N–H and O–H groups in total. The highest BCUT2D eigenvalue weighted by molar-refractivity contribution is 5.43. The normalized spacial score (nSPS) is 28.9. The molecule has 1 saturated carbocycles. The van der Waals surface area contributed by atoms with Gasteiger partial charge in [0.05, 0.1) is 0 Å². The van der Waals surface area contributed by atoms with Crippen molar-refractivity contribution in [2.45, 2.75) is 52.1 Å². The Hall–Kier alpha value is -0.820. The van der Waals surface area contributed by atoms with Crippen LogP contribution in [0.5, 0.6) is 0 Å². The minimum atomic E-state index is 0.636. The zero-order valence-electron chi connectivity index (χ0n) is 10.5. The van der Waals surface area contributed by atoms with Crippen LogP contribution in [-0.2, 0) is 6.42 Å². The van der Waals surface area contributed by atoms with Gasteiger partial charge in [-0.05, 0) is 62.6 Å². The van der Waals surface area contributed by atoms with Crippen LogP contribution in [0.1, 0.15) is 48.1 Å². The van der Waals surface area contributed by atoms with Gasteiger partial charge in [0.25, 0.3) is 0 Å². The molecule has 1 fully saturated rings. The van der Waals surface area contributed by atoms with Crippen molar-refractivity contribution in [2.75, 3.05) is 0 Å². The van der Waals surface area contributed by atoms with Crippen LogP contribution in [0.2, 0.25) is 0 Å². The third kappa shape index (κ3) is 1.67. The van der Waals surface area contributed by atoms with Crippen LogP contribution in [0, 0.1) is 19.8 Å². The van der Waals surface area contributed by atoms with E-state index in [0.717, 1.165) is 5.92 Å². The molecule has 1 aliphatic carbocycles. The fourth-order valence-corrected chi connectivity index (χ4v) is 3.17. The lowest BCUT2D eigenvalue weighted by Gasteiger charge is -2.33. The monoisotopic (exact) mass is 215 g/mol. The molecule has 0 radical (unpaired) electrons. The first-order valence-corrected chi connectivity index (χ1v) is 6.51. The highest BCUT2D eigenvalue weighted by Gasteiger charge is 2.36. The lowest BCUT2D eigenvalue weighted by atomic mass is 9.85. The van der Waals surface area contributed by atoms with Gasteiger partial charge in [0, 0.05) is 12.1 Å². The molecule has 3 rings (SSSR count). The van der Waals surface area contributed by atoms with E-state index in [1.807, 2.05) is 0 Å². The molecule has 0 bridgehead atoms. The summed E-state index contributed by atoms with van der Waals surface area (Å²) in [7, 11) is 0. The van der Waals surface area contributed by atoms with Crippen LogP contribution in [-0.4, -0.2) is 6.04 Å². The Morgan fingerprint density at radius 3 is 2.62 bits per heavy atom. The van der Waals surface area contributed by atoms with E-state index in [1.54, 1.807) is 11.1 Å². The van der Waals surface area contributed by atoms with E-state index in [0.29, 0.717) is 12.1 Å². The number of fused-ring (bicyclic) bond motifs is 1. The van der Waals surface area contributed by atoms with Gasteiger partial charge in [-0.2, -0.15) is 0 Å². The molecule has 0 spiro atoms. The Morgan fingerprint density at radius 1 is 1.19 bits per heavy atom. The van der Waals surface area contributed by atoms with Gasteiger partial charge in [0.1, 0.15) is 0 Å². The third-order valence-electron chi connectivity index (χ3n) is 4.05. The highest BCUT2D eigenvalue weighted by atomic mass is 15.0. The summed E-state index contributed by atoms with van der Waals surface area (Å²) in [6.07, 6.45) is 4.03. The van der Waals surface area contributed by atoms with E-state index < -0.39 is 0 Å². The summed E-state index contributed by atoms with van der Waals surface area (Å²) in [5.41, 5.74) is 6.12. The summed E-state index contributed by atoms with van der Waals surface area (Å²) in [5.74, 6) is 0.905. The number of hydrogen-bond acceptors (Lipinski definition) is 1. The van der Waals surface area contributed by atoms with Gasteiger partial charge >= 0.3 is 0 Å². The van der Waals surface area contributed by atoms with Crippen molar-refractivity contribution in [3.8, 4) is 0 Å². The number of nitrogens with one attached hydrogen (secondary N) is 1. The lowest BCUT2D eigenvalue weighted by molar-refractivity contribution is 0.389. The van der Waals surface area contributed by atoms with Crippen LogP contribution in [0.3, 0.4) is 0 Å². The van der Waals surface area contributed by atoms with Crippen molar-refractivity contribution in [1.29, 1.82) is 0 Å². The van der Waals surface area contributed by atoms with Crippen molar-refractivity contribution < 1.29 is 0 Å². The molecule has 0 saturated heterocycles. The van der Waals surface area contributed by atoms with Gasteiger partial charge in [-0.15, -0.1) is 0 Å². The molecule has 1 aliphatic heterocycles. The van der Waals surface area contributed by atoms with Gasteiger partial charge in [0.2, 0.25) is 0 Å². The van der Waals surface area contributed by atoms with Crippen molar-refractivity contribution in [3.63, 3.8) is 0 Å². The van der Waals surface area contributed by atoms with E-state index in [9.17, 15) is 0 Å². The maximum absolute atomic E-state index is 3.79. The molecule has 86 valence electrons. The van der Waals surface area contributed by atoms with Crippen molar-refractivity contribution in [3.05, 3.63) is 34.4 Å². The maximum Gasteiger partial charge on any atom is 0.0353 e. The Bertz CT molecular complexity index is 418. The number of aryl methyl sites for hydroxylation is 2. The van der Waals surface area contributed by atoms with Gasteiger partial charge < -0.3 is 5.32 Å². The molecule has 2 aliphatic rings. The second-order valence-electron chi connectivity index (χ2n) is 5.74. The van der Waals surface area contributed by atoms with Crippen LogP contribution in [0.25, 0.3) is 0 Å². The van der Waals surface area contributed by atoms with E-state index >= 15 is 0 Å². The summed E-state index contributed by atoms with van der Waals surface area (Å²) in [6.45, 7) is 6.81. The first kappa shape index (κ1) is 10.3. The number of rotatable bonds is 1. The quantitative estimate of drug-likeness (QED) is 0.758. The maximum atomic E-state index is 3.79. The average Bonchev–Trinajstić information content (AvgIpc) is 3.01. The molecule has 1 heterocycles. The molecule has 0 amide bonds. The standard InChI is InChI=1S/C15H21N/c1-9-6-10(2)13-8-11(3)16-15(12-4-5-12)14(13)7-9/h6-7,11-12,15-16H,4-5,8H2,1-3H3. The first-order valence-electron chi connectivity index (χ1n) is 6.51.